The van der Waals surface area contributed by atoms with Crippen molar-refractivity contribution < 1.29 is 19.1 Å². The first-order valence-corrected chi connectivity index (χ1v) is 9.67. The number of benzene rings is 1. The summed E-state index contributed by atoms with van der Waals surface area (Å²) in [6.07, 6.45) is 4.26. The van der Waals surface area contributed by atoms with Crippen molar-refractivity contribution in [1.82, 2.24) is 9.80 Å². The van der Waals surface area contributed by atoms with Crippen LogP contribution < -0.4 is 9.47 Å². The highest BCUT2D eigenvalue weighted by Crippen LogP contribution is 2.41. The van der Waals surface area contributed by atoms with Crippen molar-refractivity contribution in [3.05, 3.63) is 23.8 Å². The quantitative estimate of drug-likeness (QED) is 0.833. The maximum Gasteiger partial charge on any atom is 0.258 e. The van der Waals surface area contributed by atoms with E-state index in [-0.39, 0.29) is 11.8 Å². The maximum absolute atomic E-state index is 13.4. The van der Waals surface area contributed by atoms with Gasteiger partial charge in [-0.15, -0.1) is 0 Å². The number of carbonyl (C=O) groups excluding carboxylic acids is 2. The van der Waals surface area contributed by atoms with Crippen LogP contribution in [0.1, 0.15) is 49.4 Å². The van der Waals surface area contributed by atoms with E-state index in [0.717, 1.165) is 45.2 Å². The first-order valence-electron chi connectivity index (χ1n) is 9.67. The second-order valence-electron chi connectivity index (χ2n) is 7.32. The topological polar surface area (TPSA) is 59.1 Å². The SMILES string of the molecule is CCCN1CCCC2(CCCN2C(=O)c2cccc3c2OCCO3)C1=O. The number of hydrogen-bond donors (Lipinski definition) is 0. The van der Waals surface area contributed by atoms with Crippen LogP contribution in [0.4, 0.5) is 0 Å². The number of rotatable bonds is 3. The lowest BCUT2D eigenvalue weighted by molar-refractivity contribution is -0.145. The largest absolute Gasteiger partial charge is 0.486 e. The first kappa shape index (κ1) is 17.2. The average molecular weight is 358 g/mol. The number of ether oxygens (including phenoxy) is 2. The third-order valence-electron chi connectivity index (χ3n) is 5.73. The summed E-state index contributed by atoms with van der Waals surface area (Å²) < 4.78 is 11.3. The Balaban J connectivity index is 1.67. The molecule has 0 radical (unpaired) electrons. The van der Waals surface area contributed by atoms with Crippen LogP contribution in [0.5, 0.6) is 11.5 Å². The molecule has 0 aromatic heterocycles. The van der Waals surface area contributed by atoms with E-state index in [2.05, 4.69) is 6.92 Å². The van der Waals surface area contributed by atoms with E-state index in [9.17, 15) is 9.59 Å². The zero-order valence-electron chi connectivity index (χ0n) is 15.3. The van der Waals surface area contributed by atoms with Gasteiger partial charge < -0.3 is 19.3 Å². The second-order valence-corrected chi connectivity index (χ2v) is 7.32. The van der Waals surface area contributed by atoms with Crippen LogP contribution in [0.25, 0.3) is 0 Å². The fourth-order valence-corrected chi connectivity index (χ4v) is 4.59. The monoisotopic (exact) mass is 358 g/mol. The first-order chi connectivity index (χ1) is 12.7. The van der Waals surface area contributed by atoms with Gasteiger partial charge in [-0.25, -0.2) is 0 Å². The Morgan fingerprint density at radius 3 is 2.73 bits per heavy atom. The zero-order valence-corrected chi connectivity index (χ0v) is 15.3. The Labute approximate surface area is 154 Å². The lowest BCUT2D eigenvalue weighted by Gasteiger charge is -2.44. The van der Waals surface area contributed by atoms with Crippen LogP contribution in [-0.4, -0.2) is 60.0 Å². The predicted octanol–water partition coefficient (Wildman–Crippen LogP) is 2.47. The summed E-state index contributed by atoms with van der Waals surface area (Å²) in [4.78, 5) is 30.4. The third-order valence-corrected chi connectivity index (χ3v) is 5.73. The van der Waals surface area contributed by atoms with Gasteiger partial charge in [0.25, 0.3) is 5.91 Å². The molecule has 1 aromatic carbocycles. The van der Waals surface area contributed by atoms with Crippen LogP contribution >= 0.6 is 0 Å². The van der Waals surface area contributed by atoms with E-state index in [1.54, 1.807) is 6.07 Å². The summed E-state index contributed by atoms with van der Waals surface area (Å²) in [6.45, 7) is 5.19. The Morgan fingerprint density at radius 1 is 1.15 bits per heavy atom. The summed E-state index contributed by atoms with van der Waals surface area (Å²) in [5.74, 6) is 1.13. The van der Waals surface area contributed by atoms with Crippen molar-refractivity contribution in [2.75, 3.05) is 32.8 Å². The molecule has 0 aliphatic carbocycles. The molecular weight excluding hydrogens is 332 g/mol. The van der Waals surface area contributed by atoms with E-state index < -0.39 is 5.54 Å². The zero-order chi connectivity index (χ0) is 18.1. The highest BCUT2D eigenvalue weighted by molar-refractivity contribution is 6.02. The number of likely N-dealkylation sites (tertiary alicyclic amines) is 2. The highest BCUT2D eigenvalue weighted by Gasteiger charge is 2.53. The van der Waals surface area contributed by atoms with Crippen molar-refractivity contribution in [3.63, 3.8) is 0 Å². The van der Waals surface area contributed by atoms with Gasteiger partial charge in [0, 0.05) is 19.6 Å². The van der Waals surface area contributed by atoms with Crippen LogP contribution in [0, 0.1) is 0 Å². The van der Waals surface area contributed by atoms with E-state index in [4.69, 9.17) is 9.47 Å². The predicted molar refractivity (Wildman–Crippen MR) is 96.5 cm³/mol. The Kier molecular flexibility index (Phi) is 4.51. The van der Waals surface area contributed by atoms with Gasteiger partial charge in [-0.1, -0.05) is 13.0 Å². The van der Waals surface area contributed by atoms with Gasteiger partial charge >= 0.3 is 0 Å². The van der Waals surface area contributed by atoms with Crippen LogP contribution in [0.2, 0.25) is 0 Å². The smallest absolute Gasteiger partial charge is 0.258 e. The molecule has 0 bridgehead atoms. The molecule has 1 aromatic rings. The molecule has 2 amide bonds. The Bertz CT molecular complexity index is 718. The van der Waals surface area contributed by atoms with Crippen molar-refractivity contribution in [3.8, 4) is 11.5 Å². The highest BCUT2D eigenvalue weighted by atomic mass is 16.6. The molecule has 1 atom stereocenters. The standard InChI is InChI=1S/C20H26N2O4/c1-2-10-21-11-4-8-20(19(21)24)9-5-12-22(20)18(23)15-6-3-7-16-17(15)26-14-13-25-16/h3,6-7H,2,4-5,8-14H2,1H3. The van der Waals surface area contributed by atoms with Gasteiger partial charge in [0.2, 0.25) is 5.91 Å². The number of piperidine rings is 1. The van der Waals surface area contributed by atoms with Crippen molar-refractivity contribution >= 4 is 11.8 Å². The van der Waals surface area contributed by atoms with E-state index in [1.165, 1.54) is 0 Å². The molecule has 1 unspecified atom stereocenters. The molecule has 6 heteroatoms. The van der Waals surface area contributed by atoms with E-state index in [0.29, 0.717) is 36.8 Å². The molecule has 2 saturated heterocycles. The molecule has 3 aliphatic heterocycles. The molecule has 3 aliphatic rings. The van der Waals surface area contributed by atoms with Gasteiger partial charge in [0.15, 0.2) is 11.5 Å². The van der Waals surface area contributed by atoms with Crippen molar-refractivity contribution in [1.29, 1.82) is 0 Å². The number of hydrogen-bond acceptors (Lipinski definition) is 4. The van der Waals surface area contributed by atoms with E-state index >= 15 is 0 Å². The molecule has 2 fully saturated rings. The number of carbonyl (C=O) groups is 2. The molecule has 6 nitrogen and oxygen atoms in total. The van der Waals surface area contributed by atoms with Gasteiger partial charge in [-0.2, -0.15) is 0 Å². The minimum atomic E-state index is -0.678. The second kappa shape index (κ2) is 6.82. The number of nitrogens with zero attached hydrogens (tertiary/aromatic N) is 2. The molecule has 0 saturated carbocycles. The summed E-state index contributed by atoms with van der Waals surface area (Å²) in [5, 5.41) is 0. The minimum absolute atomic E-state index is 0.114. The molecule has 26 heavy (non-hydrogen) atoms. The lowest BCUT2D eigenvalue weighted by atomic mass is 9.85. The van der Waals surface area contributed by atoms with Gasteiger partial charge in [-0.3, -0.25) is 9.59 Å². The molecule has 140 valence electrons. The Hall–Kier alpha value is -2.24. The molecule has 3 heterocycles. The number of fused-ring (bicyclic) bond motifs is 1. The fraction of sp³-hybridized carbons (Fsp3) is 0.600. The van der Waals surface area contributed by atoms with E-state index in [1.807, 2.05) is 21.9 Å². The molecule has 1 spiro atoms. The third kappa shape index (κ3) is 2.63. The van der Waals surface area contributed by atoms with Gasteiger partial charge in [0.05, 0.1) is 5.56 Å². The number of para-hydroxylation sites is 1. The summed E-state index contributed by atoms with van der Waals surface area (Å²) >= 11 is 0. The van der Waals surface area contributed by atoms with Crippen molar-refractivity contribution in [2.24, 2.45) is 0 Å². The summed E-state index contributed by atoms with van der Waals surface area (Å²) in [6, 6.07) is 5.41. The Morgan fingerprint density at radius 2 is 1.92 bits per heavy atom. The summed E-state index contributed by atoms with van der Waals surface area (Å²) in [5.41, 5.74) is -0.174. The van der Waals surface area contributed by atoms with Gasteiger partial charge in [0.1, 0.15) is 18.8 Å². The number of amides is 2. The molecule has 0 N–H and O–H groups in total. The van der Waals surface area contributed by atoms with Gasteiger partial charge in [-0.05, 0) is 44.2 Å². The van der Waals surface area contributed by atoms with Crippen LogP contribution in [0.3, 0.4) is 0 Å². The van der Waals surface area contributed by atoms with Crippen LogP contribution in [-0.2, 0) is 4.79 Å². The average Bonchev–Trinajstić information content (AvgIpc) is 3.09. The molecular formula is C20H26N2O4. The minimum Gasteiger partial charge on any atom is -0.486 e. The lowest BCUT2D eigenvalue weighted by Crippen LogP contribution is -2.61. The van der Waals surface area contributed by atoms with Crippen molar-refractivity contribution in [2.45, 2.75) is 44.6 Å². The normalized spacial score (nSPS) is 25.0. The summed E-state index contributed by atoms with van der Waals surface area (Å²) in [7, 11) is 0. The maximum atomic E-state index is 13.4. The molecule has 4 rings (SSSR count). The fourth-order valence-electron chi connectivity index (χ4n) is 4.59. The van der Waals surface area contributed by atoms with Crippen LogP contribution in [0.15, 0.2) is 18.2 Å².